The molecule has 1 aromatic carbocycles. The molecule has 0 bridgehead atoms. The van der Waals surface area contributed by atoms with Crippen LogP contribution in [0, 0.1) is 6.92 Å². The highest BCUT2D eigenvalue weighted by Gasteiger charge is 2.17. The van der Waals surface area contributed by atoms with E-state index in [2.05, 4.69) is 6.92 Å². The smallest absolute Gasteiger partial charge is 0.125 e. The highest BCUT2D eigenvalue weighted by molar-refractivity contribution is 5.38. The van der Waals surface area contributed by atoms with Crippen LogP contribution in [0.4, 0.5) is 0 Å². The van der Waals surface area contributed by atoms with E-state index in [1.807, 2.05) is 18.2 Å². The number of aliphatic hydroxyl groups excluding tert-OH is 1. The number of hydrogen-bond acceptors (Lipinski definition) is 2. The first-order valence-corrected chi connectivity index (χ1v) is 7.12. The van der Waals surface area contributed by atoms with E-state index in [0.717, 1.165) is 24.2 Å². The van der Waals surface area contributed by atoms with Crippen molar-refractivity contribution in [1.29, 1.82) is 0 Å². The Morgan fingerprint density at radius 3 is 2.44 bits per heavy atom. The number of benzene rings is 1. The molecule has 0 aliphatic heterocycles. The van der Waals surface area contributed by atoms with Gasteiger partial charge in [0.05, 0.1) is 12.2 Å². The van der Waals surface area contributed by atoms with Crippen molar-refractivity contribution in [2.75, 3.05) is 0 Å². The summed E-state index contributed by atoms with van der Waals surface area (Å²) in [6.45, 7) is 3.86. The van der Waals surface area contributed by atoms with E-state index < -0.39 is 6.10 Å². The second-order valence-corrected chi connectivity index (χ2v) is 5.45. The van der Waals surface area contributed by atoms with E-state index >= 15 is 0 Å². The summed E-state index contributed by atoms with van der Waals surface area (Å²) < 4.78 is 6.15. The monoisotopic (exact) mass is 248 g/mol. The van der Waals surface area contributed by atoms with Crippen LogP contribution >= 0.6 is 0 Å². The van der Waals surface area contributed by atoms with Gasteiger partial charge in [0.1, 0.15) is 5.75 Å². The average molecular weight is 248 g/mol. The Bertz CT molecular complexity index is 377. The van der Waals surface area contributed by atoms with Crippen LogP contribution in [0.3, 0.4) is 0 Å². The predicted octanol–water partition coefficient (Wildman–Crippen LogP) is 4.15. The molecule has 0 radical (unpaired) electrons. The molecule has 2 rings (SSSR count). The lowest BCUT2D eigenvalue weighted by Gasteiger charge is -2.21. The van der Waals surface area contributed by atoms with Crippen LogP contribution in [0.2, 0.25) is 0 Å². The number of aryl methyl sites for hydroxylation is 1. The van der Waals surface area contributed by atoms with Crippen molar-refractivity contribution in [2.24, 2.45) is 0 Å². The lowest BCUT2D eigenvalue weighted by Crippen LogP contribution is -2.16. The first-order valence-electron chi connectivity index (χ1n) is 7.12. The molecular weight excluding hydrogens is 224 g/mol. The highest BCUT2D eigenvalue weighted by atomic mass is 16.5. The van der Waals surface area contributed by atoms with Gasteiger partial charge in [-0.15, -0.1) is 0 Å². The fourth-order valence-corrected chi connectivity index (χ4v) is 2.63. The molecule has 2 heteroatoms. The van der Waals surface area contributed by atoms with Crippen LogP contribution in [-0.2, 0) is 0 Å². The van der Waals surface area contributed by atoms with E-state index in [1.54, 1.807) is 6.92 Å². The quantitative estimate of drug-likeness (QED) is 0.814. The fourth-order valence-electron chi connectivity index (χ4n) is 2.63. The van der Waals surface area contributed by atoms with Gasteiger partial charge in [-0.3, -0.25) is 0 Å². The molecule has 2 nitrogen and oxygen atoms in total. The van der Waals surface area contributed by atoms with Gasteiger partial charge in [0.15, 0.2) is 0 Å². The Labute approximate surface area is 110 Å². The molecule has 0 heterocycles. The SMILES string of the molecule is Cc1ccc([C@H](C)O)c(OC2CCCCCC2)c1. The minimum absolute atomic E-state index is 0.326. The molecule has 1 aromatic rings. The van der Waals surface area contributed by atoms with Crippen LogP contribution in [0.15, 0.2) is 18.2 Å². The second-order valence-electron chi connectivity index (χ2n) is 5.45. The molecule has 1 aliphatic carbocycles. The maximum Gasteiger partial charge on any atom is 0.125 e. The zero-order valence-electron chi connectivity index (χ0n) is 11.5. The summed E-state index contributed by atoms with van der Waals surface area (Å²) in [5, 5.41) is 9.80. The van der Waals surface area contributed by atoms with Gasteiger partial charge in [0.2, 0.25) is 0 Å². The molecule has 0 unspecified atom stereocenters. The molecular formula is C16H24O2. The first-order chi connectivity index (χ1) is 8.66. The van der Waals surface area contributed by atoms with E-state index in [0.29, 0.717) is 6.10 Å². The maximum absolute atomic E-state index is 9.80. The van der Waals surface area contributed by atoms with Crippen LogP contribution in [-0.4, -0.2) is 11.2 Å². The third kappa shape index (κ3) is 3.49. The molecule has 1 N–H and O–H groups in total. The molecule has 18 heavy (non-hydrogen) atoms. The molecule has 0 saturated heterocycles. The van der Waals surface area contributed by atoms with Crippen LogP contribution in [0.25, 0.3) is 0 Å². The van der Waals surface area contributed by atoms with Crippen molar-refractivity contribution in [3.8, 4) is 5.75 Å². The van der Waals surface area contributed by atoms with Crippen LogP contribution < -0.4 is 4.74 Å². The summed E-state index contributed by atoms with van der Waals surface area (Å²) in [7, 11) is 0. The Hall–Kier alpha value is -1.02. The Morgan fingerprint density at radius 1 is 1.17 bits per heavy atom. The molecule has 100 valence electrons. The Morgan fingerprint density at radius 2 is 1.83 bits per heavy atom. The topological polar surface area (TPSA) is 29.5 Å². The first kappa shape index (κ1) is 13.4. The predicted molar refractivity (Wildman–Crippen MR) is 73.9 cm³/mol. The average Bonchev–Trinajstić information content (AvgIpc) is 2.57. The van der Waals surface area contributed by atoms with Gasteiger partial charge in [0.25, 0.3) is 0 Å². The number of ether oxygens (including phenoxy) is 1. The van der Waals surface area contributed by atoms with E-state index in [4.69, 9.17) is 4.74 Å². The van der Waals surface area contributed by atoms with E-state index in [-0.39, 0.29) is 0 Å². The lowest BCUT2D eigenvalue weighted by atomic mass is 10.1. The molecule has 1 aliphatic rings. The van der Waals surface area contributed by atoms with Gasteiger partial charge in [-0.1, -0.05) is 25.0 Å². The Balaban J connectivity index is 2.13. The molecule has 0 spiro atoms. The molecule has 0 amide bonds. The van der Waals surface area contributed by atoms with Gasteiger partial charge < -0.3 is 9.84 Å². The minimum Gasteiger partial charge on any atom is -0.490 e. The van der Waals surface area contributed by atoms with Crippen molar-refractivity contribution in [3.63, 3.8) is 0 Å². The van der Waals surface area contributed by atoms with Crippen molar-refractivity contribution >= 4 is 0 Å². The second kappa shape index (κ2) is 6.24. The van der Waals surface area contributed by atoms with Crippen LogP contribution in [0.5, 0.6) is 5.75 Å². The summed E-state index contributed by atoms with van der Waals surface area (Å²) in [6, 6.07) is 6.06. The molecule has 1 fully saturated rings. The molecule has 1 atom stereocenters. The zero-order chi connectivity index (χ0) is 13.0. The largest absolute Gasteiger partial charge is 0.490 e. The fraction of sp³-hybridized carbons (Fsp3) is 0.625. The summed E-state index contributed by atoms with van der Waals surface area (Å²) in [6.07, 6.45) is 7.34. The van der Waals surface area contributed by atoms with E-state index in [9.17, 15) is 5.11 Å². The van der Waals surface area contributed by atoms with Crippen molar-refractivity contribution in [2.45, 2.75) is 64.6 Å². The maximum atomic E-state index is 9.80. The van der Waals surface area contributed by atoms with Crippen LogP contribution in [0.1, 0.15) is 62.7 Å². The van der Waals surface area contributed by atoms with E-state index in [1.165, 1.54) is 31.2 Å². The molecule has 0 aromatic heterocycles. The summed E-state index contributed by atoms with van der Waals surface area (Å²) >= 11 is 0. The molecule has 1 saturated carbocycles. The minimum atomic E-state index is -0.466. The third-order valence-electron chi connectivity index (χ3n) is 3.71. The zero-order valence-corrected chi connectivity index (χ0v) is 11.5. The third-order valence-corrected chi connectivity index (χ3v) is 3.71. The number of hydrogen-bond donors (Lipinski definition) is 1. The Kier molecular flexibility index (Phi) is 4.65. The van der Waals surface area contributed by atoms with Gasteiger partial charge in [-0.2, -0.15) is 0 Å². The number of aliphatic hydroxyl groups is 1. The van der Waals surface area contributed by atoms with Crippen molar-refractivity contribution < 1.29 is 9.84 Å². The van der Waals surface area contributed by atoms with Gasteiger partial charge in [-0.05, 0) is 51.2 Å². The van der Waals surface area contributed by atoms with Gasteiger partial charge >= 0.3 is 0 Å². The lowest BCUT2D eigenvalue weighted by molar-refractivity contribution is 0.161. The van der Waals surface area contributed by atoms with Crippen molar-refractivity contribution in [1.82, 2.24) is 0 Å². The normalized spacial score (nSPS) is 19.3. The van der Waals surface area contributed by atoms with Gasteiger partial charge in [-0.25, -0.2) is 0 Å². The summed E-state index contributed by atoms with van der Waals surface area (Å²) in [5.74, 6) is 0.872. The standard InChI is InChI=1S/C16H24O2/c1-12-9-10-15(13(2)17)16(11-12)18-14-7-5-3-4-6-8-14/h9-11,13-14,17H,3-8H2,1-2H3/t13-/m0/s1. The van der Waals surface area contributed by atoms with Gasteiger partial charge in [0, 0.05) is 5.56 Å². The summed E-state index contributed by atoms with van der Waals surface area (Å²) in [4.78, 5) is 0. The summed E-state index contributed by atoms with van der Waals surface area (Å²) in [5.41, 5.74) is 2.09. The number of rotatable bonds is 3. The van der Waals surface area contributed by atoms with Crippen molar-refractivity contribution in [3.05, 3.63) is 29.3 Å². The highest BCUT2D eigenvalue weighted by Crippen LogP contribution is 2.30.